The van der Waals surface area contributed by atoms with Gasteiger partial charge in [-0.25, -0.2) is 0 Å². The molecule has 0 bridgehead atoms. The fourth-order valence-electron chi connectivity index (χ4n) is 3.06. The molecule has 1 amide bonds. The van der Waals surface area contributed by atoms with Gasteiger partial charge in [-0.3, -0.25) is 9.78 Å². The minimum Gasteiger partial charge on any atom is -0.378 e. The SMILES string of the molecule is C[C@H](NC(=O)CC[C@H]1CCCO1)c1ccc(-c2cccnc2)cc1. The number of amides is 1. The third kappa shape index (κ3) is 4.42. The zero-order valence-corrected chi connectivity index (χ0v) is 14.1. The molecule has 1 aromatic heterocycles. The average molecular weight is 324 g/mol. The lowest BCUT2D eigenvalue weighted by atomic mass is 10.0. The van der Waals surface area contributed by atoms with Crippen molar-refractivity contribution >= 4 is 5.91 Å². The molecule has 1 aliphatic heterocycles. The highest BCUT2D eigenvalue weighted by atomic mass is 16.5. The lowest BCUT2D eigenvalue weighted by Gasteiger charge is -2.16. The summed E-state index contributed by atoms with van der Waals surface area (Å²) >= 11 is 0. The zero-order chi connectivity index (χ0) is 16.8. The van der Waals surface area contributed by atoms with Gasteiger partial charge in [0.15, 0.2) is 0 Å². The first-order valence-electron chi connectivity index (χ1n) is 8.64. The maximum Gasteiger partial charge on any atom is 0.220 e. The van der Waals surface area contributed by atoms with Crippen molar-refractivity contribution in [2.75, 3.05) is 6.61 Å². The molecular formula is C20H24N2O2. The molecule has 1 aromatic carbocycles. The van der Waals surface area contributed by atoms with Crippen molar-refractivity contribution in [1.29, 1.82) is 0 Å². The Bertz CT molecular complexity index is 649. The van der Waals surface area contributed by atoms with Crippen LogP contribution in [-0.2, 0) is 9.53 Å². The second-order valence-corrected chi connectivity index (χ2v) is 6.33. The fourth-order valence-corrected chi connectivity index (χ4v) is 3.06. The van der Waals surface area contributed by atoms with Crippen molar-refractivity contribution < 1.29 is 9.53 Å². The Morgan fingerprint density at radius 2 is 2.12 bits per heavy atom. The molecule has 0 unspecified atom stereocenters. The number of nitrogens with one attached hydrogen (secondary N) is 1. The molecular weight excluding hydrogens is 300 g/mol. The largest absolute Gasteiger partial charge is 0.378 e. The standard InChI is InChI=1S/C20H24N2O2/c1-15(22-20(23)11-10-19-5-3-13-24-19)16-6-8-17(9-7-16)18-4-2-12-21-14-18/h2,4,6-9,12,14-15,19H,3,5,10-11,13H2,1H3,(H,22,23)/t15-,19+/m0/s1. The molecule has 3 rings (SSSR count). The van der Waals surface area contributed by atoms with E-state index in [1.165, 1.54) is 0 Å². The molecule has 0 saturated carbocycles. The molecule has 0 aliphatic carbocycles. The Labute approximate surface area is 143 Å². The Morgan fingerprint density at radius 3 is 2.79 bits per heavy atom. The number of hydrogen-bond donors (Lipinski definition) is 1. The topological polar surface area (TPSA) is 51.2 Å². The Balaban J connectivity index is 1.52. The van der Waals surface area contributed by atoms with E-state index in [2.05, 4.69) is 34.6 Å². The van der Waals surface area contributed by atoms with E-state index in [-0.39, 0.29) is 18.1 Å². The van der Waals surface area contributed by atoms with E-state index in [1.807, 2.05) is 25.3 Å². The molecule has 0 spiro atoms. The molecule has 2 aromatic rings. The molecule has 24 heavy (non-hydrogen) atoms. The first kappa shape index (κ1) is 16.7. The smallest absolute Gasteiger partial charge is 0.220 e. The van der Waals surface area contributed by atoms with Gasteiger partial charge in [-0.15, -0.1) is 0 Å². The highest BCUT2D eigenvalue weighted by molar-refractivity contribution is 5.76. The van der Waals surface area contributed by atoms with Crippen LogP contribution in [0.5, 0.6) is 0 Å². The van der Waals surface area contributed by atoms with Gasteiger partial charge >= 0.3 is 0 Å². The zero-order valence-electron chi connectivity index (χ0n) is 14.1. The fraction of sp³-hybridized carbons (Fsp3) is 0.400. The summed E-state index contributed by atoms with van der Waals surface area (Å²) in [5.41, 5.74) is 3.33. The highest BCUT2D eigenvalue weighted by Crippen LogP contribution is 2.21. The normalized spacial score (nSPS) is 18.3. The van der Waals surface area contributed by atoms with Crippen LogP contribution in [0.3, 0.4) is 0 Å². The van der Waals surface area contributed by atoms with E-state index >= 15 is 0 Å². The summed E-state index contributed by atoms with van der Waals surface area (Å²) < 4.78 is 5.56. The van der Waals surface area contributed by atoms with Gasteiger partial charge in [0, 0.05) is 25.4 Å². The molecule has 4 nitrogen and oxygen atoms in total. The molecule has 4 heteroatoms. The van der Waals surface area contributed by atoms with Crippen LogP contribution < -0.4 is 5.32 Å². The first-order valence-corrected chi connectivity index (χ1v) is 8.64. The van der Waals surface area contributed by atoms with Crippen LogP contribution in [0, 0.1) is 0 Å². The lowest BCUT2D eigenvalue weighted by Crippen LogP contribution is -2.27. The van der Waals surface area contributed by atoms with Crippen LogP contribution in [0.4, 0.5) is 0 Å². The van der Waals surface area contributed by atoms with Gasteiger partial charge < -0.3 is 10.1 Å². The van der Waals surface area contributed by atoms with Crippen LogP contribution in [0.1, 0.15) is 44.2 Å². The lowest BCUT2D eigenvalue weighted by molar-refractivity contribution is -0.122. The molecule has 1 aliphatic rings. The summed E-state index contributed by atoms with van der Waals surface area (Å²) in [5, 5.41) is 3.07. The van der Waals surface area contributed by atoms with Crippen LogP contribution >= 0.6 is 0 Å². The third-order valence-electron chi connectivity index (χ3n) is 4.50. The van der Waals surface area contributed by atoms with Crippen LogP contribution in [0.25, 0.3) is 11.1 Å². The molecule has 1 N–H and O–H groups in total. The summed E-state index contributed by atoms with van der Waals surface area (Å²) in [6, 6.07) is 12.2. The monoisotopic (exact) mass is 324 g/mol. The van der Waals surface area contributed by atoms with Crippen LogP contribution in [-0.4, -0.2) is 23.6 Å². The van der Waals surface area contributed by atoms with Gasteiger partial charge in [-0.1, -0.05) is 30.3 Å². The predicted octanol–water partition coefficient (Wildman–Crippen LogP) is 3.89. The van der Waals surface area contributed by atoms with Gasteiger partial charge in [0.05, 0.1) is 12.1 Å². The van der Waals surface area contributed by atoms with Crippen molar-refractivity contribution in [3.8, 4) is 11.1 Å². The minimum absolute atomic E-state index is 0.00458. The van der Waals surface area contributed by atoms with Crippen LogP contribution in [0.2, 0.25) is 0 Å². The van der Waals surface area contributed by atoms with Crippen molar-refractivity contribution in [3.05, 3.63) is 54.4 Å². The average Bonchev–Trinajstić information content (AvgIpc) is 3.14. The number of aromatic nitrogens is 1. The van der Waals surface area contributed by atoms with E-state index in [0.29, 0.717) is 6.42 Å². The number of hydrogen-bond acceptors (Lipinski definition) is 3. The van der Waals surface area contributed by atoms with Gasteiger partial charge in [-0.05, 0) is 48.9 Å². The number of benzene rings is 1. The quantitative estimate of drug-likeness (QED) is 0.877. The number of carbonyl (C=O) groups excluding carboxylic acids is 1. The summed E-state index contributed by atoms with van der Waals surface area (Å²) in [5.74, 6) is 0.0920. The maximum absolute atomic E-state index is 12.1. The molecule has 1 saturated heterocycles. The number of carbonyl (C=O) groups is 1. The number of pyridine rings is 1. The molecule has 126 valence electrons. The van der Waals surface area contributed by atoms with Crippen molar-refractivity contribution in [1.82, 2.24) is 10.3 Å². The van der Waals surface area contributed by atoms with Crippen LogP contribution in [0.15, 0.2) is 48.8 Å². The Hall–Kier alpha value is -2.20. The third-order valence-corrected chi connectivity index (χ3v) is 4.50. The van der Waals surface area contributed by atoms with Crippen molar-refractivity contribution in [2.45, 2.75) is 44.8 Å². The van der Waals surface area contributed by atoms with E-state index < -0.39 is 0 Å². The molecule has 2 heterocycles. The van der Waals surface area contributed by atoms with Gasteiger partial charge in [-0.2, -0.15) is 0 Å². The van der Waals surface area contributed by atoms with E-state index in [1.54, 1.807) is 6.20 Å². The Morgan fingerprint density at radius 1 is 1.29 bits per heavy atom. The minimum atomic E-state index is 0.00458. The second-order valence-electron chi connectivity index (χ2n) is 6.33. The Kier molecular flexibility index (Phi) is 5.59. The van der Waals surface area contributed by atoms with Gasteiger partial charge in [0.25, 0.3) is 0 Å². The van der Waals surface area contributed by atoms with E-state index in [0.717, 1.165) is 42.6 Å². The first-order chi connectivity index (χ1) is 11.7. The van der Waals surface area contributed by atoms with Crippen molar-refractivity contribution in [2.24, 2.45) is 0 Å². The summed E-state index contributed by atoms with van der Waals surface area (Å²) in [6.45, 7) is 2.86. The number of rotatable bonds is 6. The molecule has 1 fully saturated rings. The van der Waals surface area contributed by atoms with E-state index in [4.69, 9.17) is 4.74 Å². The van der Waals surface area contributed by atoms with Crippen molar-refractivity contribution in [3.63, 3.8) is 0 Å². The second kappa shape index (κ2) is 8.06. The predicted molar refractivity (Wildman–Crippen MR) is 94.4 cm³/mol. The maximum atomic E-state index is 12.1. The summed E-state index contributed by atoms with van der Waals surface area (Å²) in [6.07, 6.45) is 7.44. The summed E-state index contributed by atoms with van der Waals surface area (Å²) in [4.78, 5) is 16.2. The summed E-state index contributed by atoms with van der Waals surface area (Å²) in [7, 11) is 0. The number of nitrogens with zero attached hydrogens (tertiary/aromatic N) is 1. The number of ether oxygens (including phenoxy) is 1. The molecule has 2 atom stereocenters. The molecule has 0 radical (unpaired) electrons. The van der Waals surface area contributed by atoms with Gasteiger partial charge in [0.1, 0.15) is 0 Å². The van der Waals surface area contributed by atoms with Gasteiger partial charge in [0.2, 0.25) is 5.91 Å². The van der Waals surface area contributed by atoms with E-state index in [9.17, 15) is 4.79 Å². The highest BCUT2D eigenvalue weighted by Gasteiger charge is 2.17.